The molecule has 3 rings (SSSR count). The number of carbonyl (C=O) groups excluding carboxylic acids is 1. The number of nitrogens with one attached hydrogen (secondary N) is 1. The molecule has 2 aliphatic rings. The molecule has 3 heterocycles. The molecule has 2 saturated heterocycles. The SMILES string of the molecule is CCCCN1CCCCC1CNC(=O)C1CCN(S(=O)(=O)c2cn(C)c(C)n2)CC1. The van der Waals surface area contributed by atoms with E-state index in [9.17, 15) is 13.2 Å². The van der Waals surface area contributed by atoms with Crippen LogP contribution in [0.4, 0.5) is 0 Å². The maximum atomic E-state index is 12.8. The van der Waals surface area contributed by atoms with Crippen LogP contribution in [0.5, 0.6) is 0 Å². The smallest absolute Gasteiger partial charge is 0.262 e. The van der Waals surface area contributed by atoms with Crippen molar-refractivity contribution >= 4 is 15.9 Å². The van der Waals surface area contributed by atoms with Crippen molar-refractivity contribution in [3.05, 3.63) is 12.0 Å². The van der Waals surface area contributed by atoms with Crippen LogP contribution in [0.3, 0.4) is 0 Å². The maximum absolute atomic E-state index is 12.8. The number of amides is 1. The van der Waals surface area contributed by atoms with E-state index in [2.05, 4.69) is 22.1 Å². The van der Waals surface area contributed by atoms with Crippen molar-refractivity contribution in [1.29, 1.82) is 0 Å². The third-order valence-corrected chi connectivity index (χ3v) is 8.35. The first kappa shape index (κ1) is 23.2. The molecule has 2 aliphatic heterocycles. The highest BCUT2D eigenvalue weighted by Crippen LogP contribution is 2.24. The van der Waals surface area contributed by atoms with Crippen molar-refractivity contribution in [3.8, 4) is 0 Å². The van der Waals surface area contributed by atoms with Gasteiger partial charge in [-0.25, -0.2) is 13.4 Å². The number of aromatic nitrogens is 2. The quantitative estimate of drug-likeness (QED) is 0.668. The predicted octanol–water partition coefficient (Wildman–Crippen LogP) is 1.90. The molecule has 0 saturated carbocycles. The Balaban J connectivity index is 1.49. The average molecular weight is 440 g/mol. The second-order valence-electron chi connectivity index (χ2n) is 8.70. The molecule has 1 unspecified atom stereocenters. The molecule has 8 nitrogen and oxygen atoms in total. The zero-order valence-corrected chi connectivity index (χ0v) is 19.5. The average Bonchev–Trinajstić information content (AvgIpc) is 3.10. The summed E-state index contributed by atoms with van der Waals surface area (Å²) in [5.41, 5.74) is 0. The van der Waals surface area contributed by atoms with Crippen LogP contribution >= 0.6 is 0 Å². The number of hydrogen-bond donors (Lipinski definition) is 1. The Morgan fingerprint density at radius 3 is 2.57 bits per heavy atom. The van der Waals surface area contributed by atoms with Crippen LogP contribution in [0.15, 0.2) is 11.2 Å². The predicted molar refractivity (Wildman–Crippen MR) is 117 cm³/mol. The normalized spacial score (nSPS) is 22.3. The lowest BCUT2D eigenvalue weighted by Crippen LogP contribution is -2.49. The van der Waals surface area contributed by atoms with Gasteiger partial charge < -0.3 is 9.88 Å². The number of unbranched alkanes of at least 4 members (excludes halogenated alkanes) is 1. The number of sulfonamides is 1. The summed E-state index contributed by atoms with van der Waals surface area (Å²) in [5, 5.41) is 3.25. The van der Waals surface area contributed by atoms with Crippen molar-refractivity contribution in [2.45, 2.75) is 69.9 Å². The van der Waals surface area contributed by atoms with Crippen LogP contribution in [-0.2, 0) is 21.9 Å². The van der Waals surface area contributed by atoms with Gasteiger partial charge in [0.25, 0.3) is 10.0 Å². The Labute approximate surface area is 181 Å². The molecule has 0 aromatic carbocycles. The van der Waals surface area contributed by atoms with E-state index in [4.69, 9.17) is 0 Å². The molecule has 1 aromatic heterocycles. The largest absolute Gasteiger partial charge is 0.354 e. The van der Waals surface area contributed by atoms with Crippen molar-refractivity contribution < 1.29 is 13.2 Å². The van der Waals surface area contributed by atoms with E-state index in [1.807, 2.05) is 0 Å². The molecule has 2 fully saturated rings. The van der Waals surface area contributed by atoms with E-state index in [1.54, 1.807) is 24.7 Å². The molecule has 1 aromatic rings. The number of imidazole rings is 1. The van der Waals surface area contributed by atoms with Gasteiger partial charge in [-0.1, -0.05) is 19.8 Å². The number of carbonyl (C=O) groups is 1. The van der Waals surface area contributed by atoms with Gasteiger partial charge in [-0.3, -0.25) is 9.69 Å². The monoisotopic (exact) mass is 439 g/mol. The Morgan fingerprint density at radius 2 is 1.93 bits per heavy atom. The van der Waals surface area contributed by atoms with Gasteiger partial charge in [-0.15, -0.1) is 0 Å². The first-order chi connectivity index (χ1) is 14.3. The molecule has 1 N–H and O–H groups in total. The van der Waals surface area contributed by atoms with Crippen molar-refractivity contribution in [1.82, 2.24) is 24.1 Å². The van der Waals surface area contributed by atoms with Gasteiger partial charge in [-0.05, 0) is 52.1 Å². The van der Waals surface area contributed by atoms with Crippen LogP contribution in [-0.4, -0.2) is 71.8 Å². The Bertz CT molecular complexity index is 795. The lowest BCUT2D eigenvalue weighted by atomic mass is 9.96. The fourth-order valence-corrected chi connectivity index (χ4v) is 5.95. The number of piperidine rings is 2. The molecule has 0 bridgehead atoms. The first-order valence-electron chi connectivity index (χ1n) is 11.3. The summed E-state index contributed by atoms with van der Waals surface area (Å²) in [4.78, 5) is 19.4. The van der Waals surface area contributed by atoms with Gasteiger partial charge in [0.05, 0.1) is 0 Å². The Hall–Kier alpha value is -1.45. The van der Waals surface area contributed by atoms with Gasteiger partial charge in [0.15, 0.2) is 5.03 Å². The summed E-state index contributed by atoms with van der Waals surface area (Å²) in [7, 11) is -1.81. The molecule has 0 radical (unpaired) electrons. The molecule has 0 aliphatic carbocycles. The first-order valence-corrected chi connectivity index (χ1v) is 12.8. The van der Waals surface area contributed by atoms with E-state index >= 15 is 0 Å². The Kier molecular flexibility index (Phi) is 7.92. The standard InChI is InChI=1S/C21H37N5O3S/c1-4-5-11-25-12-7-6-8-19(25)15-22-21(27)18-9-13-26(14-10-18)30(28,29)20-16-24(3)17(2)23-20/h16,18-19H,4-15H2,1-3H3,(H,22,27). The zero-order chi connectivity index (χ0) is 21.7. The second kappa shape index (κ2) is 10.2. The molecule has 1 atom stereocenters. The lowest BCUT2D eigenvalue weighted by Gasteiger charge is -2.36. The van der Waals surface area contributed by atoms with Gasteiger partial charge in [0, 0.05) is 44.8 Å². The van der Waals surface area contributed by atoms with Crippen LogP contribution in [0.25, 0.3) is 0 Å². The van der Waals surface area contributed by atoms with Crippen LogP contribution < -0.4 is 5.32 Å². The number of likely N-dealkylation sites (tertiary alicyclic amines) is 1. The summed E-state index contributed by atoms with van der Waals surface area (Å²) >= 11 is 0. The second-order valence-corrected chi connectivity index (χ2v) is 10.6. The van der Waals surface area contributed by atoms with Gasteiger partial charge in [-0.2, -0.15) is 4.31 Å². The lowest BCUT2D eigenvalue weighted by molar-refractivity contribution is -0.126. The molecule has 9 heteroatoms. The highest BCUT2D eigenvalue weighted by atomic mass is 32.2. The van der Waals surface area contributed by atoms with Crippen LogP contribution in [0.1, 0.15) is 57.7 Å². The highest BCUT2D eigenvalue weighted by molar-refractivity contribution is 7.89. The molecule has 30 heavy (non-hydrogen) atoms. The fraction of sp³-hybridized carbons (Fsp3) is 0.810. The Morgan fingerprint density at radius 1 is 1.20 bits per heavy atom. The van der Waals surface area contributed by atoms with E-state index in [0.29, 0.717) is 44.3 Å². The van der Waals surface area contributed by atoms with E-state index in [1.165, 1.54) is 30.0 Å². The highest BCUT2D eigenvalue weighted by Gasteiger charge is 2.34. The number of rotatable bonds is 8. The minimum Gasteiger partial charge on any atom is -0.354 e. The minimum absolute atomic E-state index is 0.0711. The fourth-order valence-electron chi connectivity index (χ4n) is 4.45. The summed E-state index contributed by atoms with van der Waals surface area (Å²) in [6.45, 7) is 7.66. The van der Waals surface area contributed by atoms with Gasteiger partial charge in [0.1, 0.15) is 5.82 Å². The molecule has 0 spiro atoms. The summed E-state index contributed by atoms with van der Waals surface area (Å²) < 4.78 is 28.8. The van der Waals surface area contributed by atoms with Crippen LogP contribution in [0.2, 0.25) is 0 Å². The van der Waals surface area contributed by atoms with Crippen molar-refractivity contribution in [2.24, 2.45) is 13.0 Å². The van der Waals surface area contributed by atoms with E-state index in [-0.39, 0.29) is 16.9 Å². The molecule has 1 amide bonds. The van der Waals surface area contributed by atoms with Crippen LogP contribution in [0, 0.1) is 12.8 Å². The number of nitrogens with zero attached hydrogens (tertiary/aromatic N) is 4. The third-order valence-electron chi connectivity index (χ3n) is 6.58. The summed E-state index contributed by atoms with van der Waals surface area (Å²) in [6.07, 6.45) is 8.68. The van der Waals surface area contributed by atoms with E-state index < -0.39 is 10.0 Å². The maximum Gasteiger partial charge on any atom is 0.262 e. The molecular weight excluding hydrogens is 402 g/mol. The van der Waals surface area contributed by atoms with Gasteiger partial charge >= 0.3 is 0 Å². The summed E-state index contributed by atoms with van der Waals surface area (Å²) in [5.74, 6) is 0.620. The molecule has 170 valence electrons. The molecular formula is C21H37N5O3S. The summed E-state index contributed by atoms with van der Waals surface area (Å²) in [6, 6.07) is 0.433. The minimum atomic E-state index is -3.60. The number of aryl methyl sites for hydroxylation is 2. The topological polar surface area (TPSA) is 87.5 Å². The number of hydrogen-bond acceptors (Lipinski definition) is 5. The third kappa shape index (κ3) is 5.42. The van der Waals surface area contributed by atoms with Gasteiger partial charge in [0.2, 0.25) is 5.91 Å². The van der Waals surface area contributed by atoms with Crippen molar-refractivity contribution in [3.63, 3.8) is 0 Å². The van der Waals surface area contributed by atoms with Crippen molar-refractivity contribution in [2.75, 3.05) is 32.7 Å². The van der Waals surface area contributed by atoms with E-state index in [0.717, 1.165) is 19.5 Å². The zero-order valence-electron chi connectivity index (χ0n) is 18.6.